The summed E-state index contributed by atoms with van der Waals surface area (Å²) in [7, 11) is 0. The first-order valence-electron chi connectivity index (χ1n) is 11.1. The lowest BCUT2D eigenvalue weighted by molar-refractivity contribution is -0.117. The summed E-state index contributed by atoms with van der Waals surface area (Å²) in [6.07, 6.45) is 2.44. The van der Waals surface area contributed by atoms with Gasteiger partial charge in [-0.2, -0.15) is 4.98 Å². The number of carbonyl (C=O) groups excluding carboxylic acids is 2. The molecule has 1 aliphatic heterocycles. The van der Waals surface area contributed by atoms with Gasteiger partial charge in [0, 0.05) is 19.0 Å². The monoisotopic (exact) mass is 457 g/mol. The summed E-state index contributed by atoms with van der Waals surface area (Å²) < 4.78 is 11.7. The zero-order valence-electron chi connectivity index (χ0n) is 19.2. The molecular formula is C27H27N3O4. The highest BCUT2D eigenvalue weighted by molar-refractivity contribution is 5.95. The number of nitrogens with zero attached hydrogens (tertiary/aromatic N) is 2. The summed E-state index contributed by atoms with van der Waals surface area (Å²) >= 11 is 0. The van der Waals surface area contributed by atoms with Crippen LogP contribution in [0.5, 0.6) is 23.1 Å². The number of hydrogen-bond acceptors (Lipinski definition) is 6. The lowest BCUT2D eigenvalue weighted by Gasteiger charge is -2.19. The van der Waals surface area contributed by atoms with Crippen molar-refractivity contribution in [3.63, 3.8) is 0 Å². The Hall–Kier alpha value is -4.13. The van der Waals surface area contributed by atoms with E-state index in [1.165, 1.54) is 0 Å². The topological polar surface area (TPSA) is 94.8 Å². The Bertz CT molecular complexity index is 1200. The number of para-hydroxylation sites is 1. The first kappa shape index (κ1) is 23.0. The Morgan fingerprint density at radius 2 is 1.59 bits per heavy atom. The van der Waals surface area contributed by atoms with Crippen LogP contribution in [0.15, 0.2) is 78.4 Å². The molecule has 7 nitrogen and oxygen atoms in total. The molecule has 2 aromatic carbocycles. The largest absolute Gasteiger partial charge is 0.457 e. The third-order valence-corrected chi connectivity index (χ3v) is 5.47. The van der Waals surface area contributed by atoms with Crippen molar-refractivity contribution in [1.82, 2.24) is 4.98 Å². The lowest BCUT2D eigenvalue weighted by Crippen LogP contribution is -2.24. The summed E-state index contributed by atoms with van der Waals surface area (Å²) in [6.45, 7) is 5.09. The highest BCUT2D eigenvalue weighted by atomic mass is 16.5. The standard InChI is InChI=1S/C27H27N3O4/c1-18(2)16-24(31)19-14-15-30(17-19)25-13-12-23(26(28)32)27(29-25)34-22-10-8-21(9-11-22)33-20-6-4-3-5-7-20/h3-13,16,19H,14-15,17H2,1-2H3,(H2,28,32). The number of anilines is 1. The fraction of sp³-hybridized carbons (Fsp3) is 0.222. The number of primary amides is 1. The number of hydrogen-bond donors (Lipinski definition) is 1. The molecule has 1 saturated heterocycles. The average molecular weight is 458 g/mol. The van der Waals surface area contributed by atoms with Crippen molar-refractivity contribution in [2.75, 3.05) is 18.0 Å². The van der Waals surface area contributed by atoms with Gasteiger partial charge in [-0.25, -0.2) is 0 Å². The smallest absolute Gasteiger partial charge is 0.254 e. The molecule has 1 aromatic heterocycles. The molecule has 3 aromatic rings. The minimum Gasteiger partial charge on any atom is -0.457 e. The maximum absolute atomic E-state index is 12.4. The minimum atomic E-state index is -0.629. The summed E-state index contributed by atoms with van der Waals surface area (Å²) in [5.74, 6) is 2.06. The molecule has 1 amide bonds. The number of nitrogens with two attached hydrogens (primary N) is 1. The van der Waals surface area contributed by atoms with Gasteiger partial charge in [-0.3, -0.25) is 9.59 Å². The number of allylic oxidation sites excluding steroid dienone is 2. The van der Waals surface area contributed by atoms with Crippen molar-refractivity contribution in [3.05, 3.63) is 83.9 Å². The van der Waals surface area contributed by atoms with E-state index < -0.39 is 5.91 Å². The minimum absolute atomic E-state index is 0.0750. The number of carbonyl (C=O) groups is 2. The number of ether oxygens (including phenoxy) is 2. The summed E-state index contributed by atoms with van der Waals surface area (Å²) in [6, 6.07) is 19.8. The van der Waals surface area contributed by atoms with Gasteiger partial charge in [0.2, 0.25) is 5.88 Å². The zero-order valence-corrected chi connectivity index (χ0v) is 19.2. The number of amides is 1. The van der Waals surface area contributed by atoms with Crippen LogP contribution in [-0.2, 0) is 4.79 Å². The van der Waals surface area contributed by atoms with E-state index in [4.69, 9.17) is 15.2 Å². The van der Waals surface area contributed by atoms with Crippen LogP contribution in [0, 0.1) is 5.92 Å². The van der Waals surface area contributed by atoms with Crippen LogP contribution >= 0.6 is 0 Å². The highest BCUT2D eigenvalue weighted by Crippen LogP contribution is 2.31. The molecule has 2 N–H and O–H groups in total. The predicted octanol–water partition coefficient (Wildman–Crippen LogP) is 5.13. The normalized spacial score (nSPS) is 15.0. The van der Waals surface area contributed by atoms with Crippen LogP contribution < -0.4 is 20.1 Å². The van der Waals surface area contributed by atoms with Crippen LogP contribution in [-0.4, -0.2) is 29.8 Å². The third-order valence-electron chi connectivity index (χ3n) is 5.47. The van der Waals surface area contributed by atoms with Crippen LogP contribution in [0.4, 0.5) is 5.82 Å². The molecule has 0 aliphatic carbocycles. The van der Waals surface area contributed by atoms with Crippen molar-refractivity contribution in [3.8, 4) is 23.1 Å². The van der Waals surface area contributed by atoms with Gasteiger partial charge < -0.3 is 20.1 Å². The van der Waals surface area contributed by atoms with E-state index >= 15 is 0 Å². The molecule has 0 bridgehead atoms. The van der Waals surface area contributed by atoms with Gasteiger partial charge in [-0.15, -0.1) is 0 Å². The van der Waals surface area contributed by atoms with Crippen molar-refractivity contribution >= 4 is 17.5 Å². The van der Waals surface area contributed by atoms with E-state index in [2.05, 4.69) is 4.98 Å². The highest BCUT2D eigenvalue weighted by Gasteiger charge is 2.28. The molecule has 174 valence electrons. The second-order valence-corrected chi connectivity index (χ2v) is 8.43. The Labute approximate surface area is 198 Å². The number of pyridine rings is 1. The molecule has 7 heteroatoms. The molecule has 4 rings (SSSR count). The van der Waals surface area contributed by atoms with E-state index in [0.29, 0.717) is 30.4 Å². The van der Waals surface area contributed by atoms with Crippen LogP contribution in [0.1, 0.15) is 30.6 Å². The molecule has 34 heavy (non-hydrogen) atoms. The van der Waals surface area contributed by atoms with Gasteiger partial charge in [0.15, 0.2) is 5.78 Å². The van der Waals surface area contributed by atoms with E-state index in [-0.39, 0.29) is 23.1 Å². The molecule has 1 fully saturated rings. The summed E-state index contributed by atoms with van der Waals surface area (Å²) in [4.78, 5) is 31.0. The van der Waals surface area contributed by atoms with E-state index in [1.807, 2.05) is 49.1 Å². The first-order valence-corrected chi connectivity index (χ1v) is 11.1. The van der Waals surface area contributed by atoms with Crippen molar-refractivity contribution in [2.24, 2.45) is 11.7 Å². The van der Waals surface area contributed by atoms with E-state index in [1.54, 1.807) is 42.5 Å². The van der Waals surface area contributed by atoms with Crippen LogP contribution in [0.3, 0.4) is 0 Å². The third kappa shape index (κ3) is 5.61. The Morgan fingerprint density at radius 1 is 0.941 bits per heavy atom. The predicted molar refractivity (Wildman–Crippen MR) is 131 cm³/mol. The quantitative estimate of drug-likeness (QED) is 0.472. The number of ketones is 1. The lowest BCUT2D eigenvalue weighted by atomic mass is 10.0. The molecule has 0 spiro atoms. The van der Waals surface area contributed by atoms with Gasteiger partial charge in [0.25, 0.3) is 5.91 Å². The molecule has 1 aliphatic rings. The fourth-order valence-corrected chi connectivity index (χ4v) is 3.79. The molecule has 1 unspecified atom stereocenters. The number of rotatable bonds is 8. The van der Waals surface area contributed by atoms with Crippen LogP contribution in [0.25, 0.3) is 0 Å². The van der Waals surface area contributed by atoms with Crippen molar-refractivity contribution in [2.45, 2.75) is 20.3 Å². The Kier molecular flexibility index (Phi) is 6.92. The molecule has 0 radical (unpaired) electrons. The van der Waals surface area contributed by atoms with Crippen molar-refractivity contribution < 1.29 is 19.1 Å². The van der Waals surface area contributed by atoms with Gasteiger partial charge in [0.05, 0.1) is 0 Å². The fourth-order valence-electron chi connectivity index (χ4n) is 3.79. The van der Waals surface area contributed by atoms with Gasteiger partial charge in [0.1, 0.15) is 28.6 Å². The molecular weight excluding hydrogens is 430 g/mol. The summed E-state index contributed by atoms with van der Waals surface area (Å²) in [5, 5.41) is 0. The molecule has 1 atom stereocenters. The SMILES string of the molecule is CC(C)=CC(=O)C1CCN(c2ccc(C(N)=O)c(Oc3ccc(Oc4ccccc4)cc3)n2)C1. The zero-order chi connectivity index (χ0) is 24.1. The van der Waals surface area contributed by atoms with Gasteiger partial charge in [-0.1, -0.05) is 23.8 Å². The van der Waals surface area contributed by atoms with Crippen molar-refractivity contribution in [1.29, 1.82) is 0 Å². The summed E-state index contributed by atoms with van der Waals surface area (Å²) in [5.41, 5.74) is 6.72. The van der Waals surface area contributed by atoms with Crippen LogP contribution in [0.2, 0.25) is 0 Å². The van der Waals surface area contributed by atoms with E-state index in [0.717, 1.165) is 17.7 Å². The second kappa shape index (κ2) is 10.2. The van der Waals surface area contributed by atoms with Gasteiger partial charge >= 0.3 is 0 Å². The van der Waals surface area contributed by atoms with Gasteiger partial charge in [-0.05, 0) is 74.9 Å². The number of benzene rings is 2. The number of aromatic nitrogens is 1. The van der Waals surface area contributed by atoms with E-state index in [9.17, 15) is 9.59 Å². The second-order valence-electron chi connectivity index (χ2n) is 8.43. The Morgan fingerprint density at radius 3 is 2.24 bits per heavy atom. The Balaban J connectivity index is 1.50. The average Bonchev–Trinajstić information content (AvgIpc) is 3.31. The first-order chi connectivity index (χ1) is 16.4. The molecule has 2 heterocycles. The molecule has 0 saturated carbocycles. The maximum Gasteiger partial charge on any atom is 0.254 e. The maximum atomic E-state index is 12.4.